The normalized spacial score (nSPS) is 19.5. The van der Waals surface area contributed by atoms with Gasteiger partial charge in [-0.05, 0) is 30.8 Å². The third-order valence-electron chi connectivity index (χ3n) is 6.18. The fraction of sp³-hybridized carbons (Fsp3) is 0.417. The van der Waals surface area contributed by atoms with E-state index in [9.17, 15) is 9.59 Å². The second kappa shape index (κ2) is 9.39. The van der Waals surface area contributed by atoms with E-state index in [1.165, 1.54) is 0 Å². The Hall–Kier alpha value is -3.06. The number of nitrogens with zero attached hydrogens (tertiary/aromatic N) is 3. The number of rotatable bonds is 6. The Morgan fingerprint density at radius 1 is 1.10 bits per heavy atom. The van der Waals surface area contributed by atoms with Crippen LogP contribution >= 0.6 is 0 Å². The maximum Gasteiger partial charge on any atom is 0.229 e. The molecule has 7 nitrogen and oxygen atoms in total. The van der Waals surface area contributed by atoms with E-state index in [0.717, 1.165) is 49.8 Å². The zero-order valence-corrected chi connectivity index (χ0v) is 18.2. The van der Waals surface area contributed by atoms with E-state index in [4.69, 9.17) is 4.74 Å². The summed E-state index contributed by atoms with van der Waals surface area (Å²) in [7, 11) is 1.60. The minimum absolute atomic E-state index is 0.0441. The first-order valence-corrected chi connectivity index (χ1v) is 10.9. The van der Waals surface area contributed by atoms with Crippen LogP contribution in [-0.2, 0) is 9.59 Å². The number of amides is 2. The van der Waals surface area contributed by atoms with Gasteiger partial charge in [0.2, 0.25) is 11.8 Å². The first kappa shape index (κ1) is 21.2. The van der Waals surface area contributed by atoms with Gasteiger partial charge in [-0.25, -0.2) is 0 Å². The van der Waals surface area contributed by atoms with Crippen molar-refractivity contribution < 1.29 is 14.3 Å². The molecule has 0 saturated carbocycles. The minimum Gasteiger partial charge on any atom is -0.497 e. The zero-order valence-electron chi connectivity index (χ0n) is 18.2. The van der Waals surface area contributed by atoms with E-state index >= 15 is 0 Å². The molecule has 7 heteroatoms. The summed E-state index contributed by atoms with van der Waals surface area (Å²) in [5.41, 5.74) is 2.61. The second-order valence-electron chi connectivity index (χ2n) is 8.03. The number of hydrogen-bond donors (Lipinski definition) is 1. The lowest BCUT2D eigenvalue weighted by Gasteiger charge is -2.36. The van der Waals surface area contributed by atoms with E-state index in [1.807, 2.05) is 42.5 Å². The lowest BCUT2D eigenvalue weighted by Crippen LogP contribution is -2.46. The van der Waals surface area contributed by atoms with Crippen LogP contribution in [0, 0.1) is 5.92 Å². The molecule has 2 amide bonds. The summed E-state index contributed by atoms with van der Waals surface area (Å²) < 4.78 is 5.26. The average molecular weight is 423 g/mol. The van der Waals surface area contributed by atoms with Crippen molar-refractivity contribution >= 4 is 28.9 Å². The van der Waals surface area contributed by atoms with Crippen molar-refractivity contribution in [1.29, 1.82) is 0 Å². The molecule has 2 aromatic carbocycles. The molecule has 164 valence electrons. The molecule has 31 heavy (non-hydrogen) atoms. The molecule has 1 atom stereocenters. The fourth-order valence-electron chi connectivity index (χ4n) is 4.31. The predicted molar refractivity (Wildman–Crippen MR) is 123 cm³/mol. The zero-order chi connectivity index (χ0) is 21.8. The second-order valence-corrected chi connectivity index (χ2v) is 8.03. The van der Waals surface area contributed by atoms with Crippen LogP contribution in [0.1, 0.15) is 13.3 Å². The number of carbonyl (C=O) groups excluding carboxylic acids is 2. The molecule has 4 rings (SSSR count). The van der Waals surface area contributed by atoms with Crippen molar-refractivity contribution in [3.63, 3.8) is 0 Å². The number of nitrogens with one attached hydrogen (secondary N) is 1. The predicted octanol–water partition coefficient (Wildman–Crippen LogP) is 2.83. The molecule has 0 radical (unpaired) electrons. The summed E-state index contributed by atoms with van der Waals surface area (Å²) in [6, 6.07) is 15.3. The first-order valence-electron chi connectivity index (χ1n) is 10.9. The van der Waals surface area contributed by atoms with Crippen molar-refractivity contribution in [1.82, 2.24) is 4.90 Å². The fourth-order valence-corrected chi connectivity index (χ4v) is 4.31. The van der Waals surface area contributed by atoms with Crippen molar-refractivity contribution in [2.24, 2.45) is 5.92 Å². The molecular weight excluding hydrogens is 392 g/mol. The summed E-state index contributed by atoms with van der Waals surface area (Å²) in [5.74, 6) is 0.148. The summed E-state index contributed by atoms with van der Waals surface area (Å²) in [5, 5.41) is 3.09. The standard InChI is InChI=1S/C24H30N4O3/c1-3-26-11-13-27(14-12-26)22-10-5-4-9-21(22)25-24(30)18-15-23(29)28(17-18)19-7-6-8-20(16-19)31-2/h4-10,16,18H,3,11-15,17H2,1-2H3,(H,25,30)/t18-/m1/s1. The van der Waals surface area contributed by atoms with E-state index in [0.29, 0.717) is 12.3 Å². The highest BCUT2D eigenvalue weighted by Crippen LogP contribution is 2.31. The number of ether oxygens (including phenoxy) is 1. The van der Waals surface area contributed by atoms with Crippen molar-refractivity contribution in [2.45, 2.75) is 13.3 Å². The van der Waals surface area contributed by atoms with Crippen LogP contribution < -0.4 is 19.9 Å². The lowest BCUT2D eigenvalue weighted by molar-refractivity contribution is -0.122. The summed E-state index contributed by atoms with van der Waals surface area (Å²) in [6.45, 7) is 7.53. The number of hydrogen-bond acceptors (Lipinski definition) is 5. The van der Waals surface area contributed by atoms with Gasteiger partial charge < -0.3 is 24.8 Å². The lowest BCUT2D eigenvalue weighted by atomic mass is 10.1. The molecule has 2 heterocycles. The molecule has 1 N–H and O–H groups in total. The number of anilines is 3. The molecule has 2 aliphatic rings. The van der Waals surface area contributed by atoms with Gasteiger partial charge in [0.1, 0.15) is 5.75 Å². The SMILES string of the molecule is CCN1CCN(c2ccccc2NC(=O)[C@@H]2CC(=O)N(c3cccc(OC)c3)C2)CC1. The highest BCUT2D eigenvalue weighted by molar-refractivity contribution is 6.04. The minimum atomic E-state index is -0.385. The molecule has 0 aromatic heterocycles. The number of benzene rings is 2. The molecule has 2 saturated heterocycles. The van der Waals surface area contributed by atoms with Crippen LogP contribution in [0.15, 0.2) is 48.5 Å². The van der Waals surface area contributed by atoms with Crippen molar-refractivity contribution in [3.05, 3.63) is 48.5 Å². The number of carbonyl (C=O) groups is 2. The van der Waals surface area contributed by atoms with Gasteiger partial charge in [0.15, 0.2) is 0 Å². The quantitative estimate of drug-likeness (QED) is 0.776. The van der Waals surface area contributed by atoms with Gasteiger partial charge in [-0.2, -0.15) is 0 Å². The maximum absolute atomic E-state index is 13.1. The van der Waals surface area contributed by atoms with Crippen LogP contribution in [0.5, 0.6) is 5.75 Å². The Kier molecular flexibility index (Phi) is 6.42. The van der Waals surface area contributed by atoms with E-state index in [2.05, 4.69) is 28.1 Å². The summed E-state index contributed by atoms with van der Waals surface area (Å²) in [4.78, 5) is 32.1. The van der Waals surface area contributed by atoms with E-state index in [-0.39, 0.29) is 24.2 Å². The highest BCUT2D eigenvalue weighted by Gasteiger charge is 2.35. The third kappa shape index (κ3) is 4.66. The molecule has 2 fully saturated rings. The van der Waals surface area contributed by atoms with Crippen LogP contribution in [-0.4, -0.2) is 63.1 Å². The van der Waals surface area contributed by atoms with Gasteiger partial charge in [-0.3, -0.25) is 9.59 Å². The summed E-state index contributed by atoms with van der Waals surface area (Å²) in [6.07, 6.45) is 0.209. The van der Waals surface area contributed by atoms with Crippen LogP contribution in [0.2, 0.25) is 0 Å². The Morgan fingerprint density at radius 3 is 2.61 bits per heavy atom. The maximum atomic E-state index is 13.1. The molecule has 0 unspecified atom stereocenters. The first-order chi connectivity index (χ1) is 15.1. The Balaban J connectivity index is 1.44. The van der Waals surface area contributed by atoms with E-state index in [1.54, 1.807) is 12.0 Å². The average Bonchev–Trinajstić information content (AvgIpc) is 3.21. The van der Waals surface area contributed by atoms with Gasteiger partial charge in [0, 0.05) is 50.9 Å². The van der Waals surface area contributed by atoms with Crippen molar-refractivity contribution in [2.75, 3.05) is 61.5 Å². The smallest absolute Gasteiger partial charge is 0.229 e. The van der Waals surface area contributed by atoms with Crippen molar-refractivity contribution in [3.8, 4) is 5.75 Å². The molecular formula is C24H30N4O3. The van der Waals surface area contributed by atoms with E-state index < -0.39 is 0 Å². The monoisotopic (exact) mass is 422 g/mol. The number of piperazine rings is 1. The Labute approximate surface area is 183 Å². The van der Waals surface area contributed by atoms with Crippen LogP contribution in [0.25, 0.3) is 0 Å². The van der Waals surface area contributed by atoms with Gasteiger partial charge in [0.25, 0.3) is 0 Å². The van der Waals surface area contributed by atoms with Gasteiger partial charge in [-0.15, -0.1) is 0 Å². The van der Waals surface area contributed by atoms with Gasteiger partial charge in [0.05, 0.1) is 24.4 Å². The molecule has 0 bridgehead atoms. The Bertz CT molecular complexity index is 940. The number of para-hydroxylation sites is 2. The highest BCUT2D eigenvalue weighted by atomic mass is 16.5. The van der Waals surface area contributed by atoms with Crippen LogP contribution in [0.3, 0.4) is 0 Å². The van der Waals surface area contributed by atoms with Gasteiger partial charge >= 0.3 is 0 Å². The molecule has 2 aliphatic heterocycles. The van der Waals surface area contributed by atoms with Gasteiger partial charge in [-0.1, -0.05) is 25.1 Å². The number of methoxy groups -OCH3 is 1. The topological polar surface area (TPSA) is 65.1 Å². The molecule has 0 spiro atoms. The largest absolute Gasteiger partial charge is 0.497 e. The van der Waals surface area contributed by atoms with Crippen LogP contribution in [0.4, 0.5) is 17.1 Å². The Morgan fingerprint density at radius 2 is 1.87 bits per heavy atom. The summed E-state index contributed by atoms with van der Waals surface area (Å²) >= 11 is 0. The third-order valence-corrected chi connectivity index (χ3v) is 6.18. The number of likely N-dealkylation sites (N-methyl/N-ethyl adjacent to an activating group) is 1. The molecule has 2 aromatic rings. The molecule has 0 aliphatic carbocycles.